The average molecular weight is 208 g/mol. The molecule has 0 amide bonds. The van der Waals surface area contributed by atoms with Gasteiger partial charge in [-0.25, -0.2) is 0 Å². The Hall–Kier alpha value is -0.800. The second-order valence-corrected chi connectivity index (χ2v) is 4.59. The highest BCUT2D eigenvalue weighted by Crippen LogP contribution is 2.34. The van der Waals surface area contributed by atoms with Crippen LogP contribution in [0.3, 0.4) is 0 Å². The summed E-state index contributed by atoms with van der Waals surface area (Å²) >= 11 is 0. The number of likely N-dealkylation sites (N-methyl/N-ethyl adjacent to an activating group) is 1. The van der Waals surface area contributed by atoms with Gasteiger partial charge in [0.1, 0.15) is 5.76 Å². The van der Waals surface area contributed by atoms with Crippen LogP contribution >= 0.6 is 0 Å². The first-order chi connectivity index (χ1) is 7.27. The Bertz CT molecular complexity index is 287. The highest BCUT2D eigenvalue weighted by atomic mass is 16.3. The number of furan rings is 1. The summed E-state index contributed by atoms with van der Waals surface area (Å²) in [4.78, 5) is 2.39. The van der Waals surface area contributed by atoms with Crippen molar-refractivity contribution >= 4 is 0 Å². The van der Waals surface area contributed by atoms with Crippen molar-refractivity contribution in [1.29, 1.82) is 0 Å². The number of nitrogens with zero attached hydrogens (tertiary/aromatic N) is 1. The van der Waals surface area contributed by atoms with Gasteiger partial charge in [-0.3, -0.25) is 0 Å². The van der Waals surface area contributed by atoms with Gasteiger partial charge in [-0.05, 0) is 52.2 Å². The molecule has 15 heavy (non-hydrogen) atoms. The molecule has 0 aliphatic carbocycles. The molecule has 2 rings (SSSR count). The van der Waals surface area contributed by atoms with E-state index in [9.17, 15) is 0 Å². The quantitative estimate of drug-likeness (QED) is 0.815. The molecule has 0 atom stereocenters. The van der Waals surface area contributed by atoms with Crippen molar-refractivity contribution < 1.29 is 4.42 Å². The van der Waals surface area contributed by atoms with Crippen LogP contribution in [0.25, 0.3) is 0 Å². The number of hydrogen-bond donors (Lipinski definition) is 1. The monoisotopic (exact) mass is 208 g/mol. The molecule has 1 saturated heterocycles. The van der Waals surface area contributed by atoms with Crippen molar-refractivity contribution in [1.82, 2.24) is 10.2 Å². The van der Waals surface area contributed by atoms with Crippen molar-refractivity contribution in [2.45, 2.75) is 18.3 Å². The third-order valence-electron chi connectivity index (χ3n) is 3.50. The molecular weight excluding hydrogens is 188 g/mol. The van der Waals surface area contributed by atoms with Gasteiger partial charge in [-0.15, -0.1) is 0 Å². The third-order valence-corrected chi connectivity index (χ3v) is 3.50. The summed E-state index contributed by atoms with van der Waals surface area (Å²) in [5.74, 6) is 1.14. The molecule has 3 nitrogen and oxygen atoms in total. The van der Waals surface area contributed by atoms with E-state index in [0.717, 1.165) is 25.4 Å². The van der Waals surface area contributed by atoms with Crippen LogP contribution in [0, 0.1) is 0 Å². The van der Waals surface area contributed by atoms with Crippen LogP contribution in [-0.4, -0.2) is 38.6 Å². The molecule has 1 N–H and O–H groups in total. The lowest BCUT2D eigenvalue weighted by Gasteiger charge is -2.39. The minimum Gasteiger partial charge on any atom is -0.469 e. The summed E-state index contributed by atoms with van der Waals surface area (Å²) in [5, 5.41) is 3.30. The molecule has 84 valence electrons. The Morgan fingerprint density at radius 2 is 2.20 bits per heavy atom. The Morgan fingerprint density at radius 3 is 2.73 bits per heavy atom. The van der Waals surface area contributed by atoms with Crippen LogP contribution in [0.5, 0.6) is 0 Å². The van der Waals surface area contributed by atoms with Gasteiger partial charge in [0.15, 0.2) is 0 Å². The summed E-state index contributed by atoms with van der Waals surface area (Å²) in [6, 6.07) is 4.10. The predicted octanol–water partition coefficient (Wildman–Crippen LogP) is 1.46. The number of likely N-dealkylation sites (tertiary alicyclic amines) is 1. The average Bonchev–Trinajstić information content (AvgIpc) is 2.76. The molecule has 1 aromatic heterocycles. The zero-order valence-electron chi connectivity index (χ0n) is 9.62. The summed E-state index contributed by atoms with van der Waals surface area (Å²) < 4.78 is 5.61. The Kier molecular flexibility index (Phi) is 3.12. The molecule has 0 radical (unpaired) electrons. The first-order valence-corrected chi connectivity index (χ1v) is 5.64. The maximum Gasteiger partial charge on any atom is 0.111 e. The van der Waals surface area contributed by atoms with Gasteiger partial charge < -0.3 is 14.6 Å². The summed E-state index contributed by atoms with van der Waals surface area (Å²) in [7, 11) is 4.20. The second kappa shape index (κ2) is 4.37. The van der Waals surface area contributed by atoms with E-state index in [4.69, 9.17) is 4.42 Å². The van der Waals surface area contributed by atoms with E-state index in [-0.39, 0.29) is 5.41 Å². The highest BCUT2D eigenvalue weighted by Gasteiger charge is 2.37. The summed E-state index contributed by atoms with van der Waals surface area (Å²) in [6.45, 7) is 3.32. The number of hydrogen-bond acceptors (Lipinski definition) is 3. The van der Waals surface area contributed by atoms with Gasteiger partial charge in [-0.2, -0.15) is 0 Å². The molecule has 2 heterocycles. The second-order valence-electron chi connectivity index (χ2n) is 4.59. The van der Waals surface area contributed by atoms with Gasteiger partial charge in [0.25, 0.3) is 0 Å². The van der Waals surface area contributed by atoms with E-state index in [0.29, 0.717) is 0 Å². The van der Waals surface area contributed by atoms with E-state index in [1.807, 2.05) is 13.1 Å². The van der Waals surface area contributed by atoms with Crippen LogP contribution in [0.2, 0.25) is 0 Å². The predicted molar refractivity (Wildman–Crippen MR) is 61.0 cm³/mol. The van der Waals surface area contributed by atoms with E-state index in [1.165, 1.54) is 12.8 Å². The van der Waals surface area contributed by atoms with Crippen molar-refractivity contribution in [2.75, 3.05) is 33.7 Å². The molecule has 0 aromatic carbocycles. The first-order valence-electron chi connectivity index (χ1n) is 5.64. The number of piperidine rings is 1. The molecule has 1 aromatic rings. The summed E-state index contributed by atoms with van der Waals surface area (Å²) in [6.07, 6.45) is 4.14. The fourth-order valence-electron chi connectivity index (χ4n) is 2.48. The van der Waals surface area contributed by atoms with Gasteiger partial charge in [-0.1, -0.05) is 0 Å². The van der Waals surface area contributed by atoms with Crippen LogP contribution in [0.1, 0.15) is 18.6 Å². The Morgan fingerprint density at radius 1 is 1.47 bits per heavy atom. The topological polar surface area (TPSA) is 28.4 Å². The van der Waals surface area contributed by atoms with Crippen LogP contribution < -0.4 is 5.32 Å². The first kappa shape index (κ1) is 10.7. The van der Waals surface area contributed by atoms with Crippen molar-refractivity contribution in [3.8, 4) is 0 Å². The molecule has 1 fully saturated rings. The maximum absolute atomic E-state index is 5.61. The van der Waals surface area contributed by atoms with Gasteiger partial charge in [0.05, 0.1) is 6.26 Å². The van der Waals surface area contributed by atoms with Crippen LogP contribution in [0.4, 0.5) is 0 Å². The van der Waals surface area contributed by atoms with E-state index in [1.54, 1.807) is 6.26 Å². The lowest BCUT2D eigenvalue weighted by Crippen LogP contribution is -2.46. The van der Waals surface area contributed by atoms with Crippen LogP contribution in [-0.2, 0) is 5.41 Å². The van der Waals surface area contributed by atoms with E-state index < -0.39 is 0 Å². The zero-order valence-corrected chi connectivity index (χ0v) is 9.62. The Balaban J connectivity index is 2.18. The Labute approximate surface area is 91.4 Å². The van der Waals surface area contributed by atoms with E-state index >= 15 is 0 Å². The molecule has 0 spiro atoms. The zero-order chi connectivity index (χ0) is 10.7. The fourth-order valence-corrected chi connectivity index (χ4v) is 2.48. The molecule has 1 aliphatic heterocycles. The van der Waals surface area contributed by atoms with Crippen molar-refractivity contribution in [3.05, 3.63) is 24.2 Å². The molecule has 0 saturated carbocycles. The highest BCUT2D eigenvalue weighted by molar-refractivity contribution is 5.16. The number of rotatable bonds is 3. The lowest BCUT2D eigenvalue weighted by atomic mass is 9.76. The van der Waals surface area contributed by atoms with Crippen LogP contribution in [0.15, 0.2) is 22.8 Å². The van der Waals surface area contributed by atoms with Gasteiger partial charge in [0.2, 0.25) is 0 Å². The minimum absolute atomic E-state index is 0.213. The standard InChI is InChI=1S/C12H20N2O/c1-13-10-12(11-4-3-9-15-11)5-7-14(2)8-6-12/h3-4,9,13H,5-8,10H2,1-2H3. The summed E-state index contributed by atoms with van der Waals surface area (Å²) in [5.41, 5.74) is 0.213. The molecular formula is C12H20N2O. The van der Waals surface area contributed by atoms with E-state index in [2.05, 4.69) is 23.3 Å². The SMILES string of the molecule is CNCC1(c2ccco2)CCN(C)CC1. The van der Waals surface area contributed by atoms with Gasteiger partial charge >= 0.3 is 0 Å². The van der Waals surface area contributed by atoms with Crippen molar-refractivity contribution in [2.24, 2.45) is 0 Å². The molecule has 0 bridgehead atoms. The molecule has 1 aliphatic rings. The van der Waals surface area contributed by atoms with Crippen molar-refractivity contribution in [3.63, 3.8) is 0 Å². The smallest absolute Gasteiger partial charge is 0.111 e. The lowest BCUT2D eigenvalue weighted by molar-refractivity contribution is 0.164. The third kappa shape index (κ3) is 2.08. The fraction of sp³-hybridized carbons (Fsp3) is 0.667. The maximum atomic E-state index is 5.61. The normalized spacial score (nSPS) is 21.7. The minimum atomic E-state index is 0.213. The molecule has 3 heteroatoms. The number of nitrogens with one attached hydrogen (secondary N) is 1. The van der Waals surface area contributed by atoms with Gasteiger partial charge in [0, 0.05) is 12.0 Å². The molecule has 0 unspecified atom stereocenters. The largest absolute Gasteiger partial charge is 0.469 e.